The summed E-state index contributed by atoms with van der Waals surface area (Å²) in [5.41, 5.74) is 2.63. The van der Waals surface area contributed by atoms with Gasteiger partial charge in [0.1, 0.15) is 6.54 Å². The Bertz CT molecular complexity index is 738. The zero-order valence-electron chi connectivity index (χ0n) is 15.1. The molecule has 1 fully saturated rings. The Kier molecular flexibility index (Phi) is 5.89. The average Bonchev–Trinajstić information content (AvgIpc) is 2.67. The largest absolute Gasteiger partial charge is 0.372 e. The van der Waals surface area contributed by atoms with Crippen LogP contribution in [0.4, 0.5) is 17.1 Å². The van der Waals surface area contributed by atoms with Gasteiger partial charge in [-0.25, -0.2) is 0 Å². The first-order chi connectivity index (χ1) is 12.6. The summed E-state index contributed by atoms with van der Waals surface area (Å²) in [7, 11) is 0. The van der Waals surface area contributed by atoms with Crippen LogP contribution in [-0.2, 0) is 9.59 Å². The highest BCUT2D eigenvalue weighted by atomic mass is 16.2. The molecule has 3 rings (SSSR count). The van der Waals surface area contributed by atoms with Gasteiger partial charge in [0.2, 0.25) is 11.8 Å². The summed E-state index contributed by atoms with van der Waals surface area (Å²) >= 11 is 0. The van der Waals surface area contributed by atoms with Crippen LogP contribution < -0.4 is 15.1 Å². The molecule has 0 radical (unpaired) electrons. The second kappa shape index (κ2) is 8.52. The lowest BCUT2D eigenvalue weighted by atomic mass is 10.1. The van der Waals surface area contributed by atoms with Crippen molar-refractivity contribution in [2.24, 2.45) is 0 Å². The number of carbonyl (C=O) groups excluding carboxylic acids is 2. The number of amides is 2. The van der Waals surface area contributed by atoms with E-state index in [2.05, 4.69) is 10.2 Å². The van der Waals surface area contributed by atoms with Crippen molar-refractivity contribution in [1.82, 2.24) is 0 Å². The van der Waals surface area contributed by atoms with Gasteiger partial charge in [-0.05, 0) is 55.7 Å². The van der Waals surface area contributed by atoms with E-state index in [0.717, 1.165) is 24.5 Å². The molecule has 0 saturated carbocycles. The van der Waals surface area contributed by atoms with Crippen LogP contribution in [0.1, 0.15) is 26.2 Å². The van der Waals surface area contributed by atoms with Crippen LogP contribution >= 0.6 is 0 Å². The molecule has 1 saturated heterocycles. The van der Waals surface area contributed by atoms with Crippen LogP contribution in [-0.4, -0.2) is 31.4 Å². The van der Waals surface area contributed by atoms with Crippen molar-refractivity contribution >= 4 is 28.9 Å². The lowest BCUT2D eigenvalue weighted by Crippen LogP contribution is -2.36. The van der Waals surface area contributed by atoms with Crippen molar-refractivity contribution < 1.29 is 9.59 Å². The molecule has 136 valence electrons. The lowest BCUT2D eigenvalue weighted by Gasteiger charge is -2.29. The number of para-hydroxylation sites is 1. The third-order valence-electron chi connectivity index (χ3n) is 4.62. The summed E-state index contributed by atoms with van der Waals surface area (Å²) in [5, 5.41) is 2.82. The van der Waals surface area contributed by atoms with E-state index in [0.29, 0.717) is 0 Å². The van der Waals surface area contributed by atoms with Crippen LogP contribution in [0.5, 0.6) is 0 Å². The van der Waals surface area contributed by atoms with E-state index >= 15 is 0 Å². The summed E-state index contributed by atoms with van der Waals surface area (Å²) in [6.45, 7) is 3.63. The fourth-order valence-electron chi connectivity index (χ4n) is 3.25. The van der Waals surface area contributed by atoms with Gasteiger partial charge in [0.15, 0.2) is 0 Å². The second-order valence-corrected chi connectivity index (χ2v) is 6.58. The Morgan fingerprint density at radius 2 is 1.62 bits per heavy atom. The monoisotopic (exact) mass is 351 g/mol. The van der Waals surface area contributed by atoms with Crippen molar-refractivity contribution in [3.05, 3.63) is 54.6 Å². The highest BCUT2D eigenvalue weighted by Crippen LogP contribution is 2.24. The minimum Gasteiger partial charge on any atom is -0.372 e. The minimum atomic E-state index is -0.216. The quantitative estimate of drug-likeness (QED) is 0.894. The summed E-state index contributed by atoms with van der Waals surface area (Å²) in [5.74, 6) is -0.370. The summed E-state index contributed by atoms with van der Waals surface area (Å²) in [4.78, 5) is 28.2. The molecule has 1 heterocycles. The number of hydrogen-bond donors (Lipinski definition) is 1. The molecule has 2 aromatic carbocycles. The van der Waals surface area contributed by atoms with Crippen molar-refractivity contribution in [2.45, 2.75) is 26.2 Å². The topological polar surface area (TPSA) is 52.7 Å². The molecule has 0 unspecified atom stereocenters. The van der Waals surface area contributed by atoms with Gasteiger partial charge in [-0.2, -0.15) is 0 Å². The molecule has 0 bridgehead atoms. The van der Waals surface area contributed by atoms with E-state index in [1.165, 1.54) is 36.8 Å². The molecule has 2 aromatic rings. The van der Waals surface area contributed by atoms with Gasteiger partial charge >= 0.3 is 0 Å². The molecular formula is C21H25N3O2. The predicted molar refractivity (Wildman–Crippen MR) is 106 cm³/mol. The minimum absolute atomic E-state index is 0.00666. The van der Waals surface area contributed by atoms with Gasteiger partial charge in [-0.15, -0.1) is 0 Å². The van der Waals surface area contributed by atoms with E-state index in [-0.39, 0.29) is 18.4 Å². The number of carbonyl (C=O) groups is 2. The zero-order chi connectivity index (χ0) is 18.4. The van der Waals surface area contributed by atoms with E-state index < -0.39 is 0 Å². The Morgan fingerprint density at radius 1 is 0.962 bits per heavy atom. The molecule has 1 N–H and O–H groups in total. The van der Waals surface area contributed by atoms with Gasteiger partial charge in [-0.1, -0.05) is 18.2 Å². The van der Waals surface area contributed by atoms with E-state index in [4.69, 9.17) is 0 Å². The Morgan fingerprint density at radius 3 is 2.23 bits per heavy atom. The van der Waals surface area contributed by atoms with Crippen LogP contribution in [0.25, 0.3) is 0 Å². The first-order valence-corrected chi connectivity index (χ1v) is 9.11. The van der Waals surface area contributed by atoms with E-state index in [9.17, 15) is 9.59 Å². The molecule has 1 aliphatic heterocycles. The maximum atomic E-state index is 12.3. The van der Waals surface area contributed by atoms with Crippen LogP contribution in [0.3, 0.4) is 0 Å². The molecule has 26 heavy (non-hydrogen) atoms. The summed E-state index contributed by atoms with van der Waals surface area (Å²) in [6, 6.07) is 17.2. The number of nitrogens with one attached hydrogen (secondary N) is 1. The van der Waals surface area contributed by atoms with Crippen LogP contribution in [0.2, 0.25) is 0 Å². The predicted octanol–water partition coefficient (Wildman–Crippen LogP) is 3.67. The molecule has 5 heteroatoms. The first kappa shape index (κ1) is 18.0. The average molecular weight is 351 g/mol. The molecule has 2 amide bonds. The maximum Gasteiger partial charge on any atom is 0.244 e. The van der Waals surface area contributed by atoms with Crippen LogP contribution in [0.15, 0.2) is 54.6 Å². The second-order valence-electron chi connectivity index (χ2n) is 6.58. The SMILES string of the molecule is CC(=O)N(CC(=O)Nc1ccccc1)c1ccc(N2CCCCC2)cc1. The normalized spacial score (nSPS) is 14.0. The van der Waals surface area contributed by atoms with Crippen molar-refractivity contribution in [2.75, 3.05) is 34.8 Å². The van der Waals surface area contributed by atoms with E-state index in [1.807, 2.05) is 54.6 Å². The number of rotatable bonds is 5. The highest BCUT2D eigenvalue weighted by Gasteiger charge is 2.17. The van der Waals surface area contributed by atoms with Crippen molar-refractivity contribution in [3.63, 3.8) is 0 Å². The van der Waals surface area contributed by atoms with Gasteiger partial charge in [0, 0.05) is 37.1 Å². The smallest absolute Gasteiger partial charge is 0.244 e. The van der Waals surface area contributed by atoms with Gasteiger partial charge in [0.25, 0.3) is 0 Å². The molecule has 5 nitrogen and oxygen atoms in total. The number of nitrogens with zero attached hydrogens (tertiary/aromatic N) is 2. The van der Waals surface area contributed by atoms with Gasteiger partial charge in [0.05, 0.1) is 0 Å². The van der Waals surface area contributed by atoms with Crippen molar-refractivity contribution in [1.29, 1.82) is 0 Å². The lowest BCUT2D eigenvalue weighted by molar-refractivity contribution is -0.120. The molecule has 0 aliphatic carbocycles. The maximum absolute atomic E-state index is 12.3. The third kappa shape index (κ3) is 4.63. The molecular weight excluding hydrogens is 326 g/mol. The highest BCUT2D eigenvalue weighted by molar-refractivity contribution is 6.01. The van der Waals surface area contributed by atoms with Gasteiger partial charge in [-0.3, -0.25) is 9.59 Å². The fraction of sp³-hybridized carbons (Fsp3) is 0.333. The molecule has 0 atom stereocenters. The number of benzene rings is 2. The Balaban J connectivity index is 1.67. The summed E-state index contributed by atoms with van der Waals surface area (Å²) < 4.78 is 0. The standard InChI is InChI=1S/C21H25N3O2/c1-17(25)24(16-21(26)22-18-8-4-2-5-9-18)20-12-10-19(11-13-20)23-14-6-3-7-15-23/h2,4-5,8-13H,3,6-7,14-16H2,1H3,(H,22,26). The first-order valence-electron chi connectivity index (χ1n) is 9.11. The summed E-state index contributed by atoms with van der Waals surface area (Å²) in [6.07, 6.45) is 3.74. The van der Waals surface area contributed by atoms with E-state index in [1.54, 1.807) is 0 Å². The molecule has 0 spiro atoms. The zero-order valence-corrected chi connectivity index (χ0v) is 15.1. The fourth-order valence-corrected chi connectivity index (χ4v) is 3.25. The Labute approximate surface area is 154 Å². The van der Waals surface area contributed by atoms with Gasteiger partial charge < -0.3 is 15.1 Å². The molecule has 0 aromatic heterocycles. The number of piperidine rings is 1. The number of anilines is 3. The number of hydrogen-bond acceptors (Lipinski definition) is 3. The Hall–Kier alpha value is -2.82. The van der Waals surface area contributed by atoms with Crippen LogP contribution in [0, 0.1) is 0 Å². The third-order valence-corrected chi connectivity index (χ3v) is 4.62. The van der Waals surface area contributed by atoms with Crippen molar-refractivity contribution in [3.8, 4) is 0 Å². The molecule has 1 aliphatic rings.